The molecular weight excluding hydrogens is 501 g/mol. The molecule has 3 aromatic rings. The summed E-state index contributed by atoms with van der Waals surface area (Å²) in [4.78, 5) is 33.1. The van der Waals surface area contributed by atoms with Gasteiger partial charge in [0.05, 0.1) is 35.6 Å². The standard InChI is InChI=1S/C30H32FN3O5/c1-3-38-26-13-19(14-27(39-4-2)28(26)20-5-7-22(31)8-6-20)17-33-11-9-23(18-33)34-12-10-25-24(29(34)35)15-21(16-32-25)30(36)37/h5-8,13-16,23H,3-4,9-12,17-18H2,1-2H3,(H,36,37). The summed E-state index contributed by atoms with van der Waals surface area (Å²) in [5.74, 6) is -0.176. The first-order chi connectivity index (χ1) is 18.9. The lowest BCUT2D eigenvalue weighted by Gasteiger charge is -2.33. The second kappa shape index (κ2) is 11.4. The molecule has 2 aliphatic rings. The third kappa shape index (κ3) is 5.59. The smallest absolute Gasteiger partial charge is 0.337 e. The molecule has 204 valence electrons. The fourth-order valence-electron chi connectivity index (χ4n) is 5.47. The fourth-order valence-corrected chi connectivity index (χ4v) is 5.47. The molecule has 2 aliphatic heterocycles. The summed E-state index contributed by atoms with van der Waals surface area (Å²) in [7, 11) is 0. The van der Waals surface area contributed by atoms with Crippen LogP contribution in [0.25, 0.3) is 11.1 Å². The zero-order chi connectivity index (χ0) is 27.5. The third-order valence-corrected chi connectivity index (χ3v) is 7.25. The van der Waals surface area contributed by atoms with Gasteiger partial charge >= 0.3 is 5.97 Å². The molecule has 0 bridgehead atoms. The number of likely N-dealkylation sites (tertiary alicyclic amines) is 1. The highest BCUT2D eigenvalue weighted by Gasteiger charge is 2.35. The molecule has 2 aromatic carbocycles. The number of pyridine rings is 1. The molecule has 5 rings (SSSR count). The van der Waals surface area contributed by atoms with Crippen LogP contribution in [0, 0.1) is 5.82 Å². The molecule has 3 heterocycles. The van der Waals surface area contributed by atoms with Gasteiger partial charge in [0, 0.05) is 44.8 Å². The van der Waals surface area contributed by atoms with Crippen LogP contribution in [0.2, 0.25) is 0 Å². The highest BCUT2D eigenvalue weighted by molar-refractivity contribution is 5.99. The Morgan fingerprint density at radius 1 is 1.08 bits per heavy atom. The molecule has 1 saturated heterocycles. The largest absolute Gasteiger partial charge is 0.493 e. The van der Waals surface area contributed by atoms with Crippen molar-refractivity contribution in [1.82, 2.24) is 14.8 Å². The Morgan fingerprint density at radius 3 is 2.41 bits per heavy atom. The minimum Gasteiger partial charge on any atom is -0.493 e. The second-order valence-corrected chi connectivity index (χ2v) is 9.79. The first kappa shape index (κ1) is 26.6. The number of hydrogen-bond donors (Lipinski definition) is 1. The van der Waals surface area contributed by atoms with Gasteiger partial charge in [0.1, 0.15) is 17.3 Å². The van der Waals surface area contributed by atoms with E-state index < -0.39 is 5.97 Å². The average Bonchev–Trinajstić information content (AvgIpc) is 3.38. The Morgan fingerprint density at radius 2 is 1.77 bits per heavy atom. The van der Waals surface area contributed by atoms with Gasteiger partial charge in [-0.2, -0.15) is 0 Å². The van der Waals surface area contributed by atoms with Gasteiger partial charge in [0.15, 0.2) is 0 Å². The van der Waals surface area contributed by atoms with Crippen LogP contribution in [-0.4, -0.2) is 70.7 Å². The van der Waals surface area contributed by atoms with Gasteiger partial charge in [-0.15, -0.1) is 0 Å². The molecule has 1 amide bonds. The number of benzene rings is 2. The summed E-state index contributed by atoms with van der Waals surface area (Å²) in [6.45, 7) is 7.56. The molecule has 0 radical (unpaired) electrons. The van der Waals surface area contributed by atoms with Crippen LogP contribution in [0.3, 0.4) is 0 Å². The summed E-state index contributed by atoms with van der Waals surface area (Å²) >= 11 is 0. The number of aromatic nitrogens is 1. The third-order valence-electron chi connectivity index (χ3n) is 7.25. The molecule has 0 saturated carbocycles. The fraction of sp³-hybridized carbons (Fsp3) is 0.367. The Hall–Kier alpha value is -3.98. The van der Waals surface area contributed by atoms with E-state index in [1.54, 1.807) is 12.1 Å². The predicted molar refractivity (Wildman–Crippen MR) is 144 cm³/mol. The van der Waals surface area contributed by atoms with Gasteiger partial charge in [0.25, 0.3) is 5.91 Å². The van der Waals surface area contributed by atoms with Gasteiger partial charge in [-0.25, -0.2) is 9.18 Å². The van der Waals surface area contributed by atoms with Crippen molar-refractivity contribution >= 4 is 11.9 Å². The van der Waals surface area contributed by atoms with Crippen molar-refractivity contribution in [3.05, 3.63) is 76.9 Å². The summed E-state index contributed by atoms with van der Waals surface area (Å²) in [5.41, 5.74) is 3.72. The van der Waals surface area contributed by atoms with Gasteiger partial charge in [-0.3, -0.25) is 14.7 Å². The maximum Gasteiger partial charge on any atom is 0.337 e. The molecule has 1 fully saturated rings. The number of rotatable bonds is 9. The molecule has 1 unspecified atom stereocenters. The van der Waals surface area contributed by atoms with E-state index in [0.29, 0.717) is 62.0 Å². The number of carbonyl (C=O) groups is 2. The normalized spacial score (nSPS) is 17.3. The van der Waals surface area contributed by atoms with E-state index in [2.05, 4.69) is 9.88 Å². The lowest BCUT2D eigenvalue weighted by atomic mass is 10.0. The number of carboxylic acids is 1. The van der Waals surface area contributed by atoms with Crippen molar-refractivity contribution in [1.29, 1.82) is 0 Å². The van der Waals surface area contributed by atoms with Gasteiger partial charge in [-0.1, -0.05) is 12.1 Å². The van der Waals surface area contributed by atoms with E-state index in [0.717, 1.165) is 29.7 Å². The number of carboxylic acid groups (broad SMARTS) is 1. The van der Waals surface area contributed by atoms with Gasteiger partial charge in [0.2, 0.25) is 0 Å². The van der Waals surface area contributed by atoms with Crippen LogP contribution in [0.5, 0.6) is 11.5 Å². The molecule has 1 atom stereocenters. The Labute approximate surface area is 227 Å². The number of ether oxygens (including phenoxy) is 2. The van der Waals surface area contributed by atoms with E-state index in [9.17, 15) is 19.1 Å². The molecule has 9 heteroatoms. The summed E-state index contributed by atoms with van der Waals surface area (Å²) in [5, 5.41) is 9.32. The quantitative estimate of drug-likeness (QED) is 0.428. The zero-order valence-corrected chi connectivity index (χ0v) is 22.2. The minimum atomic E-state index is -1.09. The molecule has 39 heavy (non-hydrogen) atoms. The van der Waals surface area contributed by atoms with E-state index >= 15 is 0 Å². The van der Waals surface area contributed by atoms with Crippen molar-refractivity contribution in [3.8, 4) is 22.6 Å². The van der Waals surface area contributed by atoms with E-state index in [1.165, 1.54) is 24.4 Å². The van der Waals surface area contributed by atoms with E-state index in [1.807, 2.05) is 30.9 Å². The second-order valence-electron chi connectivity index (χ2n) is 9.79. The number of fused-ring (bicyclic) bond motifs is 1. The highest BCUT2D eigenvalue weighted by Crippen LogP contribution is 2.40. The first-order valence-corrected chi connectivity index (χ1v) is 13.3. The topological polar surface area (TPSA) is 92.2 Å². The lowest BCUT2D eigenvalue weighted by molar-refractivity contribution is 0.0661. The van der Waals surface area contributed by atoms with Gasteiger partial charge in [-0.05, 0) is 61.7 Å². The zero-order valence-electron chi connectivity index (χ0n) is 22.2. The first-order valence-electron chi connectivity index (χ1n) is 13.3. The van der Waals surface area contributed by atoms with E-state index in [4.69, 9.17) is 9.47 Å². The number of hydrogen-bond acceptors (Lipinski definition) is 6. The van der Waals surface area contributed by atoms with Crippen LogP contribution >= 0.6 is 0 Å². The van der Waals surface area contributed by atoms with Crippen LogP contribution in [-0.2, 0) is 13.0 Å². The van der Waals surface area contributed by atoms with Gasteiger partial charge < -0.3 is 19.5 Å². The molecule has 0 spiro atoms. The van der Waals surface area contributed by atoms with Crippen molar-refractivity contribution in [3.63, 3.8) is 0 Å². The van der Waals surface area contributed by atoms with Crippen LogP contribution in [0.4, 0.5) is 4.39 Å². The SMILES string of the molecule is CCOc1cc(CN2CCC(N3CCc4ncc(C(=O)O)cc4C3=O)C2)cc(OCC)c1-c1ccc(F)cc1. The number of amides is 1. The van der Waals surface area contributed by atoms with Crippen LogP contribution in [0.15, 0.2) is 48.7 Å². The maximum atomic E-state index is 13.6. The monoisotopic (exact) mass is 533 g/mol. The Balaban J connectivity index is 1.34. The van der Waals surface area contributed by atoms with Crippen LogP contribution < -0.4 is 9.47 Å². The van der Waals surface area contributed by atoms with Crippen molar-refractivity contribution in [2.45, 2.75) is 39.3 Å². The average molecular weight is 534 g/mol. The van der Waals surface area contributed by atoms with E-state index in [-0.39, 0.29) is 23.3 Å². The predicted octanol–water partition coefficient (Wildman–Crippen LogP) is 4.66. The number of aromatic carboxylic acids is 1. The Bertz CT molecular complexity index is 1350. The Kier molecular flexibility index (Phi) is 7.79. The van der Waals surface area contributed by atoms with Crippen molar-refractivity contribution in [2.75, 3.05) is 32.8 Å². The molecule has 0 aliphatic carbocycles. The molecule has 8 nitrogen and oxygen atoms in total. The number of halogens is 1. The highest BCUT2D eigenvalue weighted by atomic mass is 19.1. The summed E-state index contributed by atoms with van der Waals surface area (Å²) in [6.07, 6.45) is 2.75. The number of carbonyl (C=O) groups excluding carboxylic acids is 1. The molecular formula is C30H32FN3O5. The number of nitrogens with zero attached hydrogens (tertiary/aromatic N) is 3. The minimum absolute atomic E-state index is 0.0243. The lowest BCUT2D eigenvalue weighted by Crippen LogP contribution is -2.46. The molecule has 1 N–H and O–H groups in total. The van der Waals surface area contributed by atoms with Crippen molar-refractivity contribution < 1.29 is 28.6 Å². The summed E-state index contributed by atoms with van der Waals surface area (Å²) < 4.78 is 25.6. The summed E-state index contributed by atoms with van der Waals surface area (Å²) in [6, 6.07) is 11.8. The maximum absolute atomic E-state index is 13.6. The van der Waals surface area contributed by atoms with Crippen molar-refractivity contribution in [2.24, 2.45) is 0 Å². The van der Waals surface area contributed by atoms with Crippen LogP contribution in [0.1, 0.15) is 52.2 Å². The molecule has 1 aromatic heterocycles.